The number of nitriles is 1. The van der Waals surface area contributed by atoms with E-state index in [0.717, 1.165) is 6.42 Å². The Morgan fingerprint density at radius 3 is 2.58 bits per heavy atom. The Hall–Kier alpha value is -1.22. The molecule has 0 aliphatic rings. The summed E-state index contributed by atoms with van der Waals surface area (Å²) in [5.41, 5.74) is 0. The summed E-state index contributed by atoms with van der Waals surface area (Å²) in [6, 6.07) is 1.97. The molecule has 6 heteroatoms. The topological polar surface area (TPSA) is 90.2 Å². The number of hydrogen-bond donors (Lipinski definition) is 2. The molecule has 0 aromatic carbocycles. The van der Waals surface area contributed by atoms with Crippen molar-refractivity contribution in [3.8, 4) is 6.07 Å². The molecule has 1 amide bonds. The number of carbonyl (C=O) groups excluding carboxylic acids is 1. The van der Waals surface area contributed by atoms with Gasteiger partial charge in [-0.05, 0) is 24.7 Å². The van der Waals surface area contributed by atoms with Gasteiger partial charge in [0.15, 0.2) is 0 Å². The van der Waals surface area contributed by atoms with Crippen molar-refractivity contribution >= 4 is 23.6 Å². The summed E-state index contributed by atoms with van der Waals surface area (Å²) in [5.74, 6) is 0.492. The summed E-state index contributed by atoms with van der Waals surface area (Å²) in [6.07, 6.45) is 1.61. The number of rotatable bonds is 10. The van der Waals surface area contributed by atoms with Crippen LogP contribution in [-0.2, 0) is 9.59 Å². The van der Waals surface area contributed by atoms with Crippen LogP contribution in [-0.4, -0.2) is 35.0 Å². The molecule has 0 heterocycles. The number of thioether (sulfide) groups is 1. The van der Waals surface area contributed by atoms with E-state index in [1.54, 1.807) is 0 Å². The molecule has 0 aliphatic carbocycles. The van der Waals surface area contributed by atoms with Crippen LogP contribution in [0.5, 0.6) is 0 Å². The second-order valence-electron chi connectivity index (χ2n) is 4.73. The molecule has 0 aromatic rings. The van der Waals surface area contributed by atoms with Crippen LogP contribution < -0.4 is 5.32 Å². The third-order valence-corrected chi connectivity index (χ3v) is 3.71. The Labute approximate surface area is 118 Å². The van der Waals surface area contributed by atoms with Gasteiger partial charge in [0.25, 0.3) is 0 Å². The van der Waals surface area contributed by atoms with Gasteiger partial charge in [0.2, 0.25) is 5.91 Å². The highest BCUT2D eigenvalue weighted by Crippen LogP contribution is 2.20. The smallest absolute Gasteiger partial charge is 0.303 e. The summed E-state index contributed by atoms with van der Waals surface area (Å²) in [6.45, 7) is 4.70. The zero-order chi connectivity index (χ0) is 14.7. The van der Waals surface area contributed by atoms with Gasteiger partial charge in [-0.3, -0.25) is 9.59 Å². The summed E-state index contributed by atoms with van der Waals surface area (Å²) >= 11 is 1.29. The van der Waals surface area contributed by atoms with Crippen molar-refractivity contribution in [3.05, 3.63) is 0 Å². The van der Waals surface area contributed by atoms with E-state index in [2.05, 4.69) is 19.2 Å². The third kappa shape index (κ3) is 10.4. The van der Waals surface area contributed by atoms with Gasteiger partial charge in [-0.25, -0.2) is 0 Å². The molecular formula is C13H22N2O3S. The summed E-state index contributed by atoms with van der Waals surface area (Å²) in [7, 11) is 0. The van der Waals surface area contributed by atoms with Crippen LogP contribution >= 0.6 is 11.8 Å². The van der Waals surface area contributed by atoms with Crippen molar-refractivity contribution in [3.63, 3.8) is 0 Å². The zero-order valence-electron chi connectivity index (χ0n) is 11.5. The van der Waals surface area contributed by atoms with E-state index < -0.39 is 5.97 Å². The molecule has 0 saturated heterocycles. The SMILES string of the molecule is CC(C)C(CCNC(=O)CSCC#N)CCC(=O)O. The minimum atomic E-state index is -0.775. The Morgan fingerprint density at radius 1 is 1.37 bits per heavy atom. The Balaban J connectivity index is 3.83. The maximum absolute atomic E-state index is 11.4. The van der Waals surface area contributed by atoms with Crippen molar-refractivity contribution in [1.82, 2.24) is 5.32 Å². The third-order valence-electron chi connectivity index (χ3n) is 2.91. The second-order valence-corrected chi connectivity index (χ2v) is 5.71. The van der Waals surface area contributed by atoms with Gasteiger partial charge in [-0.2, -0.15) is 5.26 Å². The van der Waals surface area contributed by atoms with E-state index in [1.165, 1.54) is 11.8 Å². The maximum atomic E-state index is 11.4. The van der Waals surface area contributed by atoms with E-state index in [4.69, 9.17) is 10.4 Å². The first-order valence-electron chi connectivity index (χ1n) is 6.40. The molecule has 1 unspecified atom stereocenters. The Bertz CT molecular complexity index is 326. The van der Waals surface area contributed by atoms with Crippen molar-refractivity contribution in [2.24, 2.45) is 11.8 Å². The molecule has 2 N–H and O–H groups in total. The number of carboxylic acids is 1. The largest absolute Gasteiger partial charge is 0.481 e. The van der Waals surface area contributed by atoms with Crippen LogP contribution in [0.4, 0.5) is 0 Å². The lowest BCUT2D eigenvalue weighted by atomic mass is 9.88. The minimum absolute atomic E-state index is 0.0685. The van der Waals surface area contributed by atoms with Gasteiger partial charge in [0.1, 0.15) is 0 Å². The Morgan fingerprint density at radius 2 is 2.05 bits per heavy atom. The van der Waals surface area contributed by atoms with Crippen LogP contribution in [0.25, 0.3) is 0 Å². The molecule has 0 aromatic heterocycles. The quantitative estimate of drug-likeness (QED) is 0.598. The highest BCUT2D eigenvalue weighted by Gasteiger charge is 2.15. The molecule has 1 atom stereocenters. The molecule has 19 heavy (non-hydrogen) atoms. The normalized spacial score (nSPS) is 11.9. The van der Waals surface area contributed by atoms with Crippen molar-refractivity contribution in [1.29, 1.82) is 5.26 Å². The number of nitrogens with zero attached hydrogens (tertiary/aromatic N) is 1. The van der Waals surface area contributed by atoms with Crippen molar-refractivity contribution in [2.45, 2.75) is 33.1 Å². The number of carboxylic acid groups (broad SMARTS) is 1. The molecule has 5 nitrogen and oxygen atoms in total. The average molecular weight is 286 g/mol. The average Bonchev–Trinajstić information content (AvgIpc) is 2.33. The standard InChI is InChI=1S/C13H22N2O3S/c1-10(2)11(3-4-13(17)18)5-7-15-12(16)9-19-8-6-14/h10-11H,3-5,7-9H2,1-2H3,(H,15,16)(H,17,18). The lowest BCUT2D eigenvalue weighted by molar-refractivity contribution is -0.137. The fourth-order valence-electron chi connectivity index (χ4n) is 1.76. The van der Waals surface area contributed by atoms with Gasteiger partial charge in [-0.1, -0.05) is 13.8 Å². The highest BCUT2D eigenvalue weighted by atomic mass is 32.2. The van der Waals surface area contributed by atoms with Crippen LogP contribution in [0.15, 0.2) is 0 Å². The highest BCUT2D eigenvalue weighted by molar-refractivity contribution is 8.00. The van der Waals surface area contributed by atoms with Crippen molar-refractivity contribution in [2.75, 3.05) is 18.1 Å². The van der Waals surface area contributed by atoms with Gasteiger partial charge >= 0.3 is 5.97 Å². The predicted molar refractivity (Wildman–Crippen MR) is 75.8 cm³/mol. The maximum Gasteiger partial charge on any atom is 0.303 e. The molecule has 0 saturated carbocycles. The monoisotopic (exact) mass is 286 g/mol. The molecule has 0 radical (unpaired) electrons. The fourth-order valence-corrected chi connectivity index (χ4v) is 2.24. The predicted octanol–water partition coefficient (Wildman–Crippen LogP) is 1.89. The fraction of sp³-hybridized carbons (Fsp3) is 0.769. The van der Waals surface area contributed by atoms with Gasteiger partial charge in [-0.15, -0.1) is 11.8 Å². The van der Waals surface area contributed by atoms with E-state index in [1.807, 2.05) is 6.07 Å². The summed E-state index contributed by atoms with van der Waals surface area (Å²) in [4.78, 5) is 22.0. The number of carbonyl (C=O) groups is 2. The van der Waals surface area contributed by atoms with E-state index in [-0.39, 0.29) is 12.3 Å². The van der Waals surface area contributed by atoms with E-state index in [0.29, 0.717) is 36.3 Å². The first-order chi connectivity index (χ1) is 8.97. The van der Waals surface area contributed by atoms with E-state index >= 15 is 0 Å². The van der Waals surface area contributed by atoms with Crippen molar-refractivity contribution < 1.29 is 14.7 Å². The molecule has 0 fully saturated rings. The summed E-state index contributed by atoms with van der Waals surface area (Å²) in [5, 5.41) is 19.8. The van der Waals surface area contributed by atoms with Gasteiger partial charge in [0, 0.05) is 13.0 Å². The second kappa shape index (κ2) is 10.7. The number of hydrogen-bond acceptors (Lipinski definition) is 4. The van der Waals surface area contributed by atoms with E-state index in [9.17, 15) is 9.59 Å². The molecular weight excluding hydrogens is 264 g/mol. The zero-order valence-corrected chi connectivity index (χ0v) is 12.3. The minimum Gasteiger partial charge on any atom is -0.481 e. The number of aliphatic carboxylic acids is 1. The molecule has 108 valence electrons. The molecule has 0 bridgehead atoms. The number of amides is 1. The van der Waals surface area contributed by atoms with Gasteiger partial charge < -0.3 is 10.4 Å². The van der Waals surface area contributed by atoms with Crippen LogP contribution in [0.3, 0.4) is 0 Å². The lowest BCUT2D eigenvalue weighted by Gasteiger charge is -2.20. The molecule has 0 spiro atoms. The molecule has 0 rings (SSSR count). The first kappa shape index (κ1) is 17.8. The molecule has 0 aliphatic heterocycles. The van der Waals surface area contributed by atoms with Gasteiger partial charge in [0.05, 0.1) is 17.6 Å². The van der Waals surface area contributed by atoms with Crippen LogP contribution in [0, 0.1) is 23.2 Å². The van der Waals surface area contributed by atoms with Crippen LogP contribution in [0.2, 0.25) is 0 Å². The summed E-state index contributed by atoms with van der Waals surface area (Å²) < 4.78 is 0. The Kier molecular flexibility index (Phi) is 9.99. The first-order valence-corrected chi connectivity index (χ1v) is 7.56. The lowest BCUT2D eigenvalue weighted by Crippen LogP contribution is -2.28. The van der Waals surface area contributed by atoms with Crippen LogP contribution in [0.1, 0.15) is 33.1 Å². The number of nitrogens with one attached hydrogen (secondary N) is 1.